The van der Waals surface area contributed by atoms with Gasteiger partial charge < -0.3 is 19.7 Å². The Morgan fingerprint density at radius 2 is 1.46 bits per heavy atom. The molecule has 1 fully saturated rings. The number of anilines is 1. The third-order valence-electron chi connectivity index (χ3n) is 5.10. The van der Waals surface area contributed by atoms with Crippen LogP contribution in [0.4, 0.5) is 5.69 Å². The van der Waals surface area contributed by atoms with Crippen LogP contribution < -0.4 is 19.7 Å². The fourth-order valence-corrected chi connectivity index (χ4v) is 3.37. The second kappa shape index (κ2) is 9.99. The van der Waals surface area contributed by atoms with Crippen molar-refractivity contribution in [2.24, 2.45) is 0 Å². The maximum Gasteiger partial charge on any atom is 0.251 e. The van der Waals surface area contributed by atoms with Gasteiger partial charge in [0.05, 0.1) is 14.2 Å². The second-order valence-corrected chi connectivity index (χ2v) is 6.86. The van der Waals surface area contributed by atoms with Crippen molar-refractivity contribution in [2.45, 2.75) is 6.42 Å². The molecule has 2 aromatic carbocycles. The Morgan fingerprint density at radius 3 is 2.04 bits per heavy atom. The molecule has 0 atom stereocenters. The lowest BCUT2D eigenvalue weighted by Crippen LogP contribution is -2.47. The lowest BCUT2D eigenvalue weighted by molar-refractivity contribution is 0.0951. The minimum atomic E-state index is -0.0352. The van der Waals surface area contributed by atoms with Gasteiger partial charge in [0, 0.05) is 44.0 Å². The van der Waals surface area contributed by atoms with Gasteiger partial charge in [-0.05, 0) is 61.5 Å². The molecule has 0 unspecified atom stereocenters. The van der Waals surface area contributed by atoms with E-state index in [-0.39, 0.29) is 5.91 Å². The van der Waals surface area contributed by atoms with Gasteiger partial charge in [0.2, 0.25) is 0 Å². The summed E-state index contributed by atoms with van der Waals surface area (Å²) in [6.45, 7) is 5.80. The van der Waals surface area contributed by atoms with Gasteiger partial charge in [0.15, 0.2) is 0 Å². The summed E-state index contributed by atoms with van der Waals surface area (Å²) < 4.78 is 10.3. The van der Waals surface area contributed by atoms with Gasteiger partial charge in [-0.1, -0.05) is 0 Å². The van der Waals surface area contributed by atoms with Crippen LogP contribution in [0.25, 0.3) is 0 Å². The summed E-state index contributed by atoms with van der Waals surface area (Å²) in [6.07, 6.45) is 0.949. The fourth-order valence-electron chi connectivity index (χ4n) is 3.37. The number of carbonyl (C=O) groups is 1. The highest BCUT2D eigenvalue weighted by atomic mass is 16.5. The van der Waals surface area contributed by atoms with Crippen LogP contribution in [0.3, 0.4) is 0 Å². The van der Waals surface area contributed by atoms with E-state index >= 15 is 0 Å². The summed E-state index contributed by atoms with van der Waals surface area (Å²) in [7, 11) is 3.30. The number of methoxy groups -OCH3 is 2. The molecule has 2 aromatic rings. The minimum absolute atomic E-state index is 0.0352. The summed E-state index contributed by atoms with van der Waals surface area (Å²) in [5.41, 5.74) is 1.90. The predicted octanol–water partition coefficient (Wildman–Crippen LogP) is 2.65. The van der Waals surface area contributed by atoms with Crippen molar-refractivity contribution in [3.05, 3.63) is 54.1 Å². The molecular formula is C22H29N3O3. The molecule has 1 aliphatic rings. The van der Waals surface area contributed by atoms with Crippen LogP contribution in [-0.4, -0.2) is 64.3 Å². The zero-order chi connectivity index (χ0) is 19.8. The Balaban J connectivity index is 1.34. The number of benzene rings is 2. The van der Waals surface area contributed by atoms with Crippen LogP contribution in [0, 0.1) is 0 Å². The highest BCUT2D eigenvalue weighted by molar-refractivity contribution is 5.94. The van der Waals surface area contributed by atoms with E-state index in [0.717, 1.165) is 50.6 Å². The topological polar surface area (TPSA) is 54.0 Å². The molecule has 3 rings (SSSR count). The SMILES string of the molecule is COc1ccc(C(=O)NCCCN2CCN(c3ccc(OC)cc3)CC2)cc1. The second-order valence-electron chi connectivity index (χ2n) is 6.86. The first-order valence-corrected chi connectivity index (χ1v) is 9.73. The Kier molecular flexibility index (Phi) is 7.14. The maximum atomic E-state index is 12.2. The number of hydrogen-bond acceptors (Lipinski definition) is 5. The standard InChI is InChI=1S/C22H29N3O3/c1-27-20-8-4-18(5-9-20)22(26)23-12-3-13-24-14-16-25(17-15-24)19-6-10-21(28-2)11-7-19/h4-11H,3,12-17H2,1-2H3,(H,23,26). The Bertz CT molecular complexity index is 739. The lowest BCUT2D eigenvalue weighted by Gasteiger charge is -2.36. The van der Waals surface area contributed by atoms with E-state index in [1.165, 1.54) is 5.69 Å². The maximum absolute atomic E-state index is 12.2. The largest absolute Gasteiger partial charge is 0.497 e. The average Bonchev–Trinajstić information content (AvgIpc) is 2.77. The van der Waals surface area contributed by atoms with Crippen LogP contribution in [0.1, 0.15) is 16.8 Å². The van der Waals surface area contributed by atoms with E-state index in [9.17, 15) is 4.79 Å². The van der Waals surface area contributed by atoms with Crippen LogP contribution in [0.5, 0.6) is 11.5 Å². The van der Waals surface area contributed by atoms with Gasteiger partial charge in [0.1, 0.15) is 11.5 Å². The highest BCUT2D eigenvalue weighted by Gasteiger charge is 2.17. The molecule has 150 valence electrons. The normalized spacial score (nSPS) is 14.6. The van der Waals surface area contributed by atoms with Crippen LogP contribution >= 0.6 is 0 Å². The molecule has 6 nitrogen and oxygen atoms in total. The van der Waals surface area contributed by atoms with Crippen molar-refractivity contribution in [2.75, 3.05) is 58.4 Å². The van der Waals surface area contributed by atoms with E-state index in [4.69, 9.17) is 9.47 Å². The Morgan fingerprint density at radius 1 is 0.893 bits per heavy atom. The molecule has 1 amide bonds. The van der Waals surface area contributed by atoms with Gasteiger partial charge in [-0.3, -0.25) is 9.69 Å². The Labute approximate surface area is 167 Å². The first kappa shape index (κ1) is 20.0. The first-order chi connectivity index (χ1) is 13.7. The molecule has 0 aromatic heterocycles. The van der Waals surface area contributed by atoms with Crippen LogP contribution in [0.2, 0.25) is 0 Å². The van der Waals surface area contributed by atoms with Crippen molar-refractivity contribution in [3.8, 4) is 11.5 Å². The lowest BCUT2D eigenvalue weighted by atomic mass is 10.2. The molecule has 1 heterocycles. The molecule has 28 heavy (non-hydrogen) atoms. The van der Waals surface area contributed by atoms with Crippen LogP contribution in [0.15, 0.2) is 48.5 Å². The van der Waals surface area contributed by atoms with Crippen molar-refractivity contribution in [1.29, 1.82) is 0 Å². The summed E-state index contributed by atoms with van der Waals surface area (Å²) in [5.74, 6) is 1.61. The zero-order valence-corrected chi connectivity index (χ0v) is 16.7. The molecule has 1 N–H and O–H groups in total. The predicted molar refractivity (Wildman–Crippen MR) is 112 cm³/mol. The molecular weight excluding hydrogens is 354 g/mol. The molecule has 0 bridgehead atoms. The number of piperazine rings is 1. The molecule has 0 radical (unpaired) electrons. The third kappa shape index (κ3) is 5.39. The van der Waals surface area contributed by atoms with Gasteiger partial charge >= 0.3 is 0 Å². The van der Waals surface area contributed by atoms with Gasteiger partial charge in [-0.15, -0.1) is 0 Å². The fraction of sp³-hybridized carbons (Fsp3) is 0.409. The van der Waals surface area contributed by atoms with E-state index in [1.54, 1.807) is 38.5 Å². The van der Waals surface area contributed by atoms with Gasteiger partial charge in [-0.25, -0.2) is 0 Å². The molecule has 1 saturated heterocycles. The number of rotatable bonds is 8. The monoisotopic (exact) mass is 383 g/mol. The van der Waals surface area contributed by atoms with E-state index in [0.29, 0.717) is 12.1 Å². The van der Waals surface area contributed by atoms with E-state index in [1.807, 2.05) is 12.1 Å². The summed E-state index contributed by atoms with van der Waals surface area (Å²) in [5, 5.41) is 2.99. The highest BCUT2D eigenvalue weighted by Crippen LogP contribution is 2.20. The number of hydrogen-bond donors (Lipinski definition) is 1. The number of nitrogens with zero attached hydrogens (tertiary/aromatic N) is 2. The molecule has 0 spiro atoms. The zero-order valence-electron chi connectivity index (χ0n) is 16.7. The van der Waals surface area contributed by atoms with E-state index < -0.39 is 0 Å². The van der Waals surface area contributed by atoms with Crippen molar-refractivity contribution >= 4 is 11.6 Å². The van der Waals surface area contributed by atoms with Crippen LogP contribution in [-0.2, 0) is 0 Å². The summed E-state index contributed by atoms with van der Waals surface area (Å²) in [6, 6.07) is 15.4. The van der Waals surface area contributed by atoms with Gasteiger partial charge in [0.25, 0.3) is 5.91 Å². The summed E-state index contributed by atoms with van der Waals surface area (Å²) >= 11 is 0. The smallest absolute Gasteiger partial charge is 0.251 e. The van der Waals surface area contributed by atoms with Crippen molar-refractivity contribution in [3.63, 3.8) is 0 Å². The minimum Gasteiger partial charge on any atom is -0.497 e. The van der Waals surface area contributed by atoms with Crippen molar-refractivity contribution in [1.82, 2.24) is 10.2 Å². The summed E-state index contributed by atoms with van der Waals surface area (Å²) in [4.78, 5) is 17.0. The molecule has 0 aliphatic carbocycles. The average molecular weight is 383 g/mol. The molecule has 0 saturated carbocycles. The first-order valence-electron chi connectivity index (χ1n) is 9.73. The molecule has 6 heteroatoms. The Hall–Kier alpha value is -2.73. The number of carbonyl (C=O) groups excluding carboxylic acids is 1. The third-order valence-corrected chi connectivity index (χ3v) is 5.10. The van der Waals surface area contributed by atoms with Crippen molar-refractivity contribution < 1.29 is 14.3 Å². The quantitative estimate of drug-likeness (QED) is 0.711. The number of nitrogens with one attached hydrogen (secondary N) is 1. The van der Waals surface area contributed by atoms with E-state index in [2.05, 4.69) is 27.2 Å². The number of ether oxygens (including phenoxy) is 2. The van der Waals surface area contributed by atoms with Gasteiger partial charge in [-0.2, -0.15) is 0 Å². The molecule has 1 aliphatic heterocycles. The number of amides is 1.